The van der Waals surface area contributed by atoms with Gasteiger partial charge in [0.05, 0.1) is 17.4 Å². The van der Waals surface area contributed by atoms with Crippen LogP contribution in [0.3, 0.4) is 0 Å². The molecule has 3 rings (SSSR count). The Morgan fingerprint density at radius 2 is 1.83 bits per heavy atom. The maximum Gasteiger partial charge on any atom is 0.246 e. The SMILES string of the molecule is CCOc1ccc(Cl)cc1S(=O)(=O)N1CCC[C@@H](C(=O)NCc2ccc(S(=O)(=O)N(C)C)cc2)C1. The number of rotatable bonds is 9. The molecule has 9 nitrogen and oxygen atoms in total. The van der Waals surface area contributed by atoms with Crippen molar-refractivity contribution in [2.45, 2.75) is 36.1 Å². The van der Waals surface area contributed by atoms with E-state index in [1.807, 2.05) is 0 Å². The predicted molar refractivity (Wildman–Crippen MR) is 133 cm³/mol. The first kappa shape index (κ1) is 27.4. The van der Waals surface area contributed by atoms with Crippen molar-refractivity contribution in [2.24, 2.45) is 5.92 Å². The average Bonchev–Trinajstić information content (AvgIpc) is 2.84. The first-order valence-electron chi connectivity index (χ1n) is 11.2. The summed E-state index contributed by atoms with van der Waals surface area (Å²) in [6.45, 7) is 2.61. The van der Waals surface area contributed by atoms with Crippen LogP contribution in [0.15, 0.2) is 52.3 Å². The summed E-state index contributed by atoms with van der Waals surface area (Å²) in [4.78, 5) is 13.0. The largest absolute Gasteiger partial charge is 0.492 e. The number of carbonyl (C=O) groups excluding carboxylic acids is 1. The molecular formula is C23H30ClN3O6S2. The van der Waals surface area contributed by atoms with Crippen molar-refractivity contribution < 1.29 is 26.4 Å². The van der Waals surface area contributed by atoms with E-state index in [9.17, 15) is 21.6 Å². The molecular weight excluding hydrogens is 514 g/mol. The van der Waals surface area contributed by atoms with Gasteiger partial charge in [0.25, 0.3) is 0 Å². The van der Waals surface area contributed by atoms with Crippen LogP contribution < -0.4 is 10.1 Å². The summed E-state index contributed by atoms with van der Waals surface area (Å²) >= 11 is 6.05. The number of piperidine rings is 1. The molecule has 1 amide bonds. The molecule has 1 aliphatic heterocycles. The molecule has 1 atom stereocenters. The summed E-state index contributed by atoms with van der Waals surface area (Å²) in [5.41, 5.74) is 0.733. The highest BCUT2D eigenvalue weighted by molar-refractivity contribution is 7.89. The maximum absolute atomic E-state index is 13.3. The number of halogens is 1. The smallest absolute Gasteiger partial charge is 0.246 e. The van der Waals surface area contributed by atoms with Gasteiger partial charge in [-0.3, -0.25) is 4.79 Å². The molecule has 192 valence electrons. The Morgan fingerprint density at radius 3 is 2.46 bits per heavy atom. The molecule has 0 spiro atoms. The lowest BCUT2D eigenvalue weighted by Crippen LogP contribution is -2.45. The lowest BCUT2D eigenvalue weighted by molar-refractivity contribution is -0.126. The van der Waals surface area contributed by atoms with Gasteiger partial charge in [-0.2, -0.15) is 4.31 Å². The zero-order valence-corrected chi connectivity index (χ0v) is 22.3. The molecule has 1 fully saturated rings. The van der Waals surface area contributed by atoms with Gasteiger partial charge in [0.1, 0.15) is 10.6 Å². The maximum atomic E-state index is 13.3. The van der Waals surface area contributed by atoms with E-state index in [1.54, 1.807) is 25.1 Å². The Hall–Kier alpha value is -2.18. The minimum absolute atomic E-state index is 0.0133. The molecule has 1 aliphatic rings. The third-order valence-corrected chi connectivity index (χ3v) is 9.70. The van der Waals surface area contributed by atoms with Crippen LogP contribution in [0.25, 0.3) is 0 Å². The van der Waals surface area contributed by atoms with Crippen molar-refractivity contribution in [3.8, 4) is 5.75 Å². The van der Waals surface area contributed by atoms with Gasteiger partial charge in [0, 0.05) is 38.8 Å². The fraction of sp³-hybridized carbons (Fsp3) is 0.435. The summed E-state index contributed by atoms with van der Waals surface area (Å²) in [5, 5.41) is 3.12. The summed E-state index contributed by atoms with van der Waals surface area (Å²) in [5.74, 6) is -0.545. The van der Waals surface area contributed by atoms with Crippen LogP contribution in [0.4, 0.5) is 0 Å². The molecule has 1 saturated heterocycles. The van der Waals surface area contributed by atoms with E-state index in [0.29, 0.717) is 26.0 Å². The molecule has 2 aromatic rings. The van der Waals surface area contributed by atoms with E-state index < -0.39 is 26.0 Å². The zero-order valence-electron chi connectivity index (χ0n) is 19.9. The van der Waals surface area contributed by atoms with Crippen LogP contribution in [0.1, 0.15) is 25.3 Å². The van der Waals surface area contributed by atoms with E-state index in [1.165, 1.54) is 42.7 Å². The molecule has 0 saturated carbocycles. The van der Waals surface area contributed by atoms with Gasteiger partial charge < -0.3 is 10.1 Å². The molecule has 0 aliphatic carbocycles. The van der Waals surface area contributed by atoms with E-state index in [0.717, 1.165) is 9.87 Å². The van der Waals surface area contributed by atoms with Gasteiger partial charge in [-0.05, 0) is 55.7 Å². The fourth-order valence-corrected chi connectivity index (χ4v) is 6.62. The van der Waals surface area contributed by atoms with Gasteiger partial charge in [-0.25, -0.2) is 21.1 Å². The fourth-order valence-electron chi connectivity index (χ4n) is 3.80. The van der Waals surface area contributed by atoms with Crippen molar-refractivity contribution in [1.82, 2.24) is 13.9 Å². The highest BCUT2D eigenvalue weighted by Gasteiger charge is 2.35. The summed E-state index contributed by atoms with van der Waals surface area (Å²) < 4.78 is 59.0. The van der Waals surface area contributed by atoms with Gasteiger partial charge in [-0.1, -0.05) is 23.7 Å². The standard InChI is InChI=1S/C23H30ClN3O6S2/c1-4-33-21-12-9-19(24)14-22(21)35(31,32)27-13-5-6-18(16-27)23(28)25-15-17-7-10-20(11-8-17)34(29,30)26(2)3/h7-12,14,18H,4-6,13,15-16H2,1-3H3,(H,25,28)/t18-/m1/s1. The highest BCUT2D eigenvalue weighted by Crippen LogP contribution is 2.32. The zero-order chi connectivity index (χ0) is 25.8. The van der Waals surface area contributed by atoms with Crippen molar-refractivity contribution in [1.29, 1.82) is 0 Å². The van der Waals surface area contributed by atoms with Crippen molar-refractivity contribution >= 4 is 37.6 Å². The lowest BCUT2D eigenvalue weighted by atomic mass is 9.99. The Balaban J connectivity index is 1.67. The van der Waals surface area contributed by atoms with Crippen LogP contribution in [0, 0.1) is 5.92 Å². The van der Waals surface area contributed by atoms with E-state index in [4.69, 9.17) is 16.3 Å². The molecule has 2 aromatic carbocycles. The third kappa shape index (κ3) is 6.34. The first-order chi connectivity index (χ1) is 16.5. The number of carbonyl (C=O) groups is 1. The normalized spacial score (nSPS) is 17.3. The molecule has 0 unspecified atom stereocenters. The number of nitrogens with one attached hydrogen (secondary N) is 1. The molecule has 35 heavy (non-hydrogen) atoms. The Morgan fingerprint density at radius 1 is 1.14 bits per heavy atom. The van der Waals surface area contributed by atoms with Crippen LogP contribution >= 0.6 is 11.6 Å². The quantitative estimate of drug-likeness (QED) is 0.520. The second-order valence-electron chi connectivity index (χ2n) is 8.38. The van der Waals surface area contributed by atoms with Crippen LogP contribution in [0.5, 0.6) is 5.75 Å². The minimum Gasteiger partial charge on any atom is -0.492 e. The second kappa shape index (κ2) is 11.3. The van der Waals surface area contributed by atoms with Crippen molar-refractivity contribution in [3.63, 3.8) is 0 Å². The van der Waals surface area contributed by atoms with E-state index in [2.05, 4.69) is 5.32 Å². The molecule has 0 bridgehead atoms. The molecule has 12 heteroatoms. The number of sulfonamides is 2. The Kier molecular flexibility index (Phi) is 8.81. The summed E-state index contributed by atoms with van der Waals surface area (Å²) in [6, 6.07) is 10.7. The third-order valence-electron chi connectivity index (χ3n) is 5.75. The van der Waals surface area contributed by atoms with Crippen LogP contribution in [-0.4, -0.2) is 65.1 Å². The lowest BCUT2D eigenvalue weighted by Gasteiger charge is -2.31. The number of nitrogens with zero attached hydrogens (tertiary/aromatic N) is 2. The monoisotopic (exact) mass is 543 g/mol. The van der Waals surface area contributed by atoms with E-state index in [-0.39, 0.29) is 39.6 Å². The number of hydrogen-bond acceptors (Lipinski definition) is 6. The Labute approximate surface area is 212 Å². The first-order valence-corrected chi connectivity index (χ1v) is 14.4. The van der Waals surface area contributed by atoms with Gasteiger partial charge >= 0.3 is 0 Å². The van der Waals surface area contributed by atoms with Gasteiger partial charge in [0.15, 0.2) is 0 Å². The number of hydrogen-bond donors (Lipinski definition) is 1. The number of amides is 1. The van der Waals surface area contributed by atoms with Crippen molar-refractivity contribution in [3.05, 3.63) is 53.1 Å². The highest BCUT2D eigenvalue weighted by atomic mass is 35.5. The van der Waals surface area contributed by atoms with E-state index >= 15 is 0 Å². The summed E-state index contributed by atoms with van der Waals surface area (Å²) in [7, 11) is -4.52. The molecule has 1 heterocycles. The van der Waals surface area contributed by atoms with Gasteiger partial charge in [-0.15, -0.1) is 0 Å². The van der Waals surface area contributed by atoms with Crippen LogP contribution in [0.2, 0.25) is 5.02 Å². The van der Waals surface area contributed by atoms with Crippen LogP contribution in [-0.2, 0) is 31.4 Å². The molecule has 1 N–H and O–H groups in total. The molecule has 0 radical (unpaired) electrons. The minimum atomic E-state index is -3.91. The van der Waals surface area contributed by atoms with Gasteiger partial charge in [0.2, 0.25) is 26.0 Å². The molecule has 0 aromatic heterocycles. The Bertz CT molecular complexity index is 1260. The number of benzene rings is 2. The average molecular weight is 544 g/mol. The number of ether oxygens (including phenoxy) is 1. The predicted octanol–water partition coefficient (Wildman–Crippen LogP) is 2.71. The van der Waals surface area contributed by atoms with Crippen molar-refractivity contribution in [2.75, 3.05) is 33.8 Å². The second-order valence-corrected chi connectivity index (χ2v) is 12.9. The topological polar surface area (TPSA) is 113 Å². The summed E-state index contributed by atoms with van der Waals surface area (Å²) in [6.07, 6.45) is 1.10.